The molecule has 3 aromatic carbocycles. The first-order chi connectivity index (χ1) is 23.2. The van der Waals surface area contributed by atoms with E-state index >= 15 is 0 Å². The van der Waals surface area contributed by atoms with E-state index < -0.39 is 18.1 Å². The number of anilines is 3. The van der Waals surface area contributed by atoms with E-state index in [0.717, 1.165) is 64.9 Å². The Bertz CT molecular complexity index is 1570. The second-order valence-electron chi connectivity index (χ2n) is 10.1. The highest BCUT2D eigenvalue weighted by molar-refractivity contribution is 6.34. The number of guanidine groups is 3. The van der Waals surface area contributed by atoms with Crippen molar-refractivity contribution in [2.24, 2.45) is 49.4 Å². The van der Waals surface area contributed by atoms with Crippen LogP contribution in [0.3, 0.4) is 0 Å². The van der Waals surface area contributed by atoms with Crippen LogP contribution in [0, 0.1) is 6.92 Å². The number of carbonyl (C=O) groups excluding carboxylic acids is 3. The zero-order valence-corrected chi connectivity index (χ0v) is 29.2. The summed E-state index contributed by atoms with van der Waals surface area (Å²) in [4.78, 5) is 44.4. The SMILES string of the molecule is CCc1cccc(C)c1NC(=O)N=C(N)N.CCc1cccc(CC)c1NC(=O)N=C(N)N.CCc1cccc(Cl)c1NC(=O)N=C(N)N. The van der Waals surface area contributed by atoms with Crippen LogP contribution in [0.1, 0.15) is 55.5 Å². The molecule has 0 aliphatic rings. The lowest BCUT2D eigenvalue weighted by atomic mass is 10.0. The van der Waals surface area contributed by atoms with Gasteiger partial charge in [0.25, 0.3) is 0 Å². The Morgan fingerprint density at radius 1 is 0.531 bits per heavy atom. The molecule has 16 heteroatoms. The molecule has 0 aliphatic carbocycles. The molecule has 264 valence electrons. The average molecular weight is 695 g/mol. The molecule has 0 fully saturated rings. The molecule has 3 aromatic rings. The summed E-state index contributed by atoms with van der Waals surface area (Å²) in [5.74, 6) is -0.777. The highest BCUT2D eigenvalue weighted by Crippen LogP contribution is 2.26. The number of hydrogen-bond acceptors (Lipinski definition) is 3. The van der Waals surface area contributed by atoms with Crippen LogP contribution in [0.25, 0.3) is 0 Å². The monoisotopic (exact) mass is 694 g/mol. The molecule has 49 heavy (non-hydrogen) atoms. The van der Waals surface area contributed by atoms with Gasteiger partial charge >= 0.3 is 18.1 Å². The van der Waals surface area contributed by atoms with Gasteiger partial charge < -0.3 is 50.4 Å². The summed E-state index contributed by atoms with van der Waals surface area (Å²) in [5, 5.41) is 8.40. The lowest BCUT2D eigenvalue weighted by Crippen LogP contribution is -2.25. The van der Waals surface area contributed by atoms with Gasteiger partial charge in [-0.05, 0) is 66.5 Å². The second kappa shape index (κ2) is 21.1. The van der Waals surface area contributed by atoms with E-state index in [1.165, 1.54) is 0 Å². The zero-order valence-electron chi connectivity index (χ0n) is 28.4. The summed E-state index contributed by atoms with van der Waals surface area (Å²) < 4.78 is 0. The maximum atomic E-state index is 11.5. The van der Waals surface area contributed by atoms with Gasteiger partial charge in [-0.25, -0.2) is 14.4 Å². The topological polar surface area (TPSA) is 280 Å². The predicted molar refractivity (Wildman–Crippen MR) is 201 cm³/mol. The number of rotatable bonds is 7. The fourth-order valence-corrected chi connectivity index (χ4v) is 4.61. The fraction of sp³-hybridized carbons (Fsp3) is 0.273. The summed E-state index contributed by atoms with van der Waals surface area (Å²) in [7, 11) is 0. The Morgan fingerprint density at radius 3 is 1.22 bits per heavy atom. The van der Waals surface area contributed by atoms with Crippen molar-refractivity contribution < 1.29 is 14.4 Å². The van der Waals surface area contributed by atoms with Crippen molar-refractivity contribution in [2.45, 2.75) is 60.3 Å². The molecule has 15 N–H and O–H groups in total. The number of aliphatic imine (C=N–C) groups is 3. The molecule has 0 atom stereocenters. The normalized spacial score (nSPS) is 9.67. The maximum Gasteiger partial charge on any atom is 0.348 e. The molecule has 0 saturated carbocycles. The van der Waals surface area contributed by atoms with E-state index in [-0.39, 0.29) is 17.9 Å². The van der Waals surface area contributed by atoms with Crippen LogP contribution in [0.4, 0.5) is 31.4 Å². The van der Waals surface area contributed by atoms with Crippen LogP contribution in [0.2, 0.25) is 5.02 Å². The van der Waals surface area contributed by atoms with Crippen molar-refractivity contribution in [2.75, 3.05) is 16.0 Å². The van der Waals surface area contributed by atoms with Crippen molar-refractivity contribution in [1.82, 2.24) is 0 Å². The first-order valence-electron chi connectivity index (χ1n) is 15.3. The van der Waals surface area contributed by atoms with Crippen molar-refractivity contribution in [3.8, 4) is 0 Å². The molecule has 6 amide bonds. The molecule has 0 bridgehead atoms. The van der Waals surface area contributed by atoms with Crippen LogP contribution in [-0.2, 0) is 25.7 Å². The van der Waals surface area contributed by atoms with Gasteiger partial charge in [0.15, 0.2) is 17.9 Å². The van der Waals surface area contributed by atoms with Gasteiger partial charge in [-0.15, -0.1) is 0 Å². The van der Waals surface area contributed by atoms with Crippen molar-refractivity contribution >= 4 is 64.6 Å². The molecular weight excluding hydrogens is 648 g/mol. The minimum atomic E-state index is -0.636. The second-order valence-corrected chi connectivity index (χ2v) is 10.6. The highest BCUT2D eigenvalue weighted by Gasteiger charge is 2.11. The lowest BCUT2D eigenvalue weighted by molar-refractivity contribution is 0.258. The Kier molecular flexibility index (Phi) is 17.8. The number of carbonyl (C=O) groups is 3. The summed E-state index contributed by atoms with van der Waals surface area (Å²) >= 11 is 5.96. The van der Waals surface area contributed by atoms with Crippen molar-refractivity contribution in [1.29, 1.82) is 0 Å². The largest absolute Gasteiger partial charge is 0.370 e. The highest BCUT2D eigenvalue weighted by atomic mass is 35.5. The van der Waals surface area contributed by atoms with Gasteiger partial charge in [-0.3, -0.25) is 0 Å². The number of aryl methyl sites for hydroxylation is 5. The minimum Gasteiger partial charge on any atom is -0.370 e. The van der Waals surface area contributed by atoms with E-state index in [1.54, 1.807) is 6.07 Å². The fourth-order valence-electron chi connectivity index (χ4n) is 4.36. The van der Waals surface area contributed by atoms with E-state index in [2.05, 4.69) is 30.9 Å². The van der Waals surface area contributed by atoms with Crippen LogP contribution >= 0.6 is 11.6 Å². The van der Waals surface area contributed by atoms with Crippen LogP contribution < -0.4 is 50.4 Å². The third kappa shape index (κ3) is 14.6. The number of benzene rings is 3. The van der Waals surface area contributed by atoms with E-state index in [9.17, 15) is 14.4 Å². The number of amides is 6. The van der Waals surface area contributed by atoms with Crippen molar-refractivity contribution in [3.63, 3.8) is 0 Å². The molecule has 0 heterocycles. The molecule has 0 spiro atoms. The first kappa shape index (κ1) is 41.2. The molecule has 0 saturated heterocycles. The number of nitrogens with two attached hydrogens (primary N) is 6. The number of para-hydroxylation sites is 3. The maximum absolute atomic E-state index is 11.5. The van der Waals surface area contributed by atoms with Gasteiger partial charge in [0.2, 0.25) is 0 Å². The van der Waals surface area contributed by atoms with Gasteiger partial charge in [-0.1, -0.05) is 87.8 Å². The zero-order chi connectivity index (χ0) is 37.1. The number of nitrogens with one attached hydrogen (secondary N) is 3. The Hall–Kier alpha value is -5.83. The summed E-state index contributed by atoms with van der Waals surface area (Å²) in [6.45, 7) is 9.97. The third-order valence-corrected chi connectivity index (χ3v) is 6.92. The van der Waals surface area contributed by atoms with Crippen LogP contribution in [0.15, 0.2) is 69.6 Å². The molecule has 0 aromatic heterocycles. The molecule has 0 unspecified atom stereocenters. The standard InChI is InChI=1S/C12H18N4O.C11H16N4O.C10H13ClN4O/c1-3-8-6-5-7-9(4-2)10(8)15-12(17)16-11(13)14;1-3-8-6-4-5-7(2)9(8)14-11(16)15-10(12)13;1-2-6-4-3-5-7(11)8(6)14-10(16)15-9(12)13/h5-7H,3-4H2,1-2H3,(H5,13,14,15,16,17);4-6H,3H2,1-2H3,(H5,12,13,14,15,16);3-5H,2H2,1H3,(H5,12,13,14,15,16). The van der Waals surface area contributed by atoms with Gasteiger partial charge in [-0.2, -0.15) is 15.0 Å². The van der Waals surface area contributed by atoms with Crippen LogP contribution in [-0.4, -0.2) is 36.0 Å². The smallest absolute Gasteiger partial charge is 0.348 e. The summed E-state index contributed by atoms with van der Waals surface area (Å²) in [5.41, 5.74) is 38.0. The van der Waals surface area contributed by atoms with Gasteiger partial charge in [0.1, 0.15) is 0 Å². The molecule has 15 nitrogen and oxygen atoms in total. The molecule has 3 rings (SSSR count). The number of halogens is 1. The Morgan fingerprint density at radius 2 is 0.837 bits per heavy atom. The quantitative estimate of drug-likeness (QED) is 0.122. The third-order valence-electron chi connectivity index (χ3n) is 6.61. The van der Waals surface area contributed by atoms with Gasteiger partial charge in [0.05, 0.1) is 10.7 Å². The van der Waals surface area contributed by atoms with Crippen LogP contribution in [0.5, 0.6) is 0 Å². The predicted octanol–water partition coefficient (Wildman–Crippen LogP) is 4.69. The lowest BCUT2D eigenvalue weighted by Gasteiger charge is -2.12. The molecule has 0 aliphatic heterocycles. The minimum absolute atomic E-state index is 0.241. The number of nitrogens with zero attached hydrogens (tertiary/aromatic N) is 3. The number of urea groups is 3. The summed E-state index contributed by atoms with van der Waals surface area (Å²) in [6, 6.07) is 15.4. The Balaban J connectivity index is 0.000000368. The molecule has 0 radical (unpaired) electrons. The number of hydrogen-bond donors (Lipinski definition) is 9. The van der Waals surface area contributed by atoms with Gasteiger partial charge in [0, 0.05) is 11.4 Å². The summed E-state index contributed by atoms with van der Waals surface area (Å²) in [6.07, 6.45) is 3.26. The van der Waals surface area contributed by atoms with E-state index in [0.29, 0.717) is 10.7 Å². The van der Waals surface area contributed by atoms with E-state index in [1.807, 2.05) is 83.1 Å². The Labute approximate surface area is 291 Å². The first-order valence-corrected chi connectivity index (χ1v) is 15.7. The van der Waals surface area contributed by atoms with Crippen molar-refractivity contribution in [3.05, 3.63) is 87.4 Å². The molecular formula is C33H47ClN12O3. The van der Waals surface area contributed by atoms with E-state index in [4.69, 9.17) is 46.0 Å². The average Bonchev–Trinajstić information content (AvgIpc) is 3.02.